The van der Waals surface area contributed by atoms with Crippen molar-refractivity contribution in [1.29, 1.82) is 0 Å². The summed E-state index contributed by atoms with van der Waals surface area (Å²) in [7, 11) is 0. The highest BCUT2D eigenvalue weighted by Gasteiger charge is 2.19. The van der Waals surface area contributed by atoms with Crippen LogP contribution in [0.5, 0.6) is 0 Å². The van der Waals surface area contributed by atoms with Gasteiger partial charge in [-0.25, -0.2) is 0 Å². The molecule has 0 aromatic carbocycles. The van der Waals surface area contributed by atoms with Gasteiger partial charge in [0, 0.05) is 19.3 Å². The van der Waals surface area contributed by atoms with Crippen molar-refractivity contribution in [3.8, 4) is 0 Å². The highest BCUT2D eigenvalue weighted by Crippen LogP contribution is 2.14. The number of hydrogen-bond acceptors (Lipinski definition) is 6. The third kappa shape index (κ3) is 49.7. The van der Waals surface area contributed by atoms with Gasteiger partial charge in [-0.05, 0) is 109 Å². The van der Waals surface area contributed by atoms with Gasteiger partial charge < -0.3 is 14.2 Å². The van der Waals surface area contributed by atoms with Gasteiger partial charge in [-0.3, -0.25) is 14.4 Å². The van der Waals surface area contributed by atoms with E-state index >= 15 is 0 Å². The van der Waals surface area contributed by atoms with Gasteiger partial charge in [0.1, 0.15) is 13.2 Å². The quantitative estimate of drug-likeness (QED) is 0.0262. The highest BCUT2D eigenvalue weighted by atomic mass is 16.6. The van der Waals surface area contributed by atoms with Crippen LogP contribution in [0.2, 0.25) is 0 Å². The molecule has 0 N–H and O–H groups in total. The van der Waals surface area contributed by atoms with Crippen molar-refractivity contribution in [2.75, 3.05) is 13.2 Å². The fourth-order valence-corrected chi connectivity index (χ4v) is 7.19. The van der Waals surface area contributed by atoms with E-state index in [4.69, 9.17) is 14.2 Å². The van der Waals surface area contributed by atoms with Gasteiger partial charge in [-0.15, -0.1) is 0 Å². The number of esters is 3. The van der Waals surface area contributed by atoms with E-state index in [1.807, 2.05) is 0 Å². The lowest BCUT2D eigenvalue weighted by Crippen LogP contribution is -2.30. The average molecular weight is 879 g/mol. The number of carbonyl (C=O) groups excluding carboxylic acids is 3. The lowest BCUT2D eigenvalue weighted by atomic mass is 10.1. The lowest BCUT2D eigenvalue weighted by molar-refractivity contribution is -0.167. The monoisotopic (exact) mass is 879 g/mol. The number of allylic oxidation sites excluding steroid dienone is 12. The van der Waals surface area contributed by atoms with Crippen molar-refractivity contribution in [2.24, 2.45) is 0 Å². The number of unbranched alkanes of at least 4 members (excludes halogenated alkanes) is 24. The Balaban J connectivity index is 4.42. The maximum absolute atomic E-state index is 12.8. The van der Waals surface area contributed by atoms with Gasteiger partial charge in [0.25, 0.3) is 0 Å². The molecule has 0 saturated heterocycles. The zero-order valence-electron chi connectivity index (χ0n) is 41.3. The van der Waals surface area contributed by atoms with Crippen molar-refractivity contribution < 1.29 is 28.6 Å². The van der Waals surface area contributed by atoms with Crippen LogP contribution in [0.25, 0.3) is 0 Å². The molecule has 0 amide bonds. The van der Waals surface area contributed by atoms with Crippen LogP contribution in [-0.2, 0) is 28.6 Å². The smallest absolute Gasteiger partial charge is 0.306 e. The summed E-state index contributed by atoms with van der Waals surface area (Å²) >= 11 is 0. The average Bonchev–Trinajstić information content (AvgIpc) is 3.28. The second kappa shape index (κ2) is 51.5. The third-order valence-corrected chi connectivity index (χ3v) is 11.2. The fourth-order valence-electron chi connectivity index (χ4n) is 7.19. The normalized spacial score (nSPS) is 12.6. The van der Waals surface area contributed by atoms with Crippen molar-refractivity contribution >= 4 is 17.9 Å². The second-order valence-electron chi connectivity index (χ2n) is 17.4. The molecule has 0 unspecified atom stereocenters. The third-order valence-electron chi connectivity index (χ3n) is 11.2. The standard InChI is InChI=1S/C57H98O6/c1-4-7-10-13-16-19-22-25-27-28-30-32-35-38-41-44-47-50-56(59)62-53-54(52-61-55(58)49-46-43-40-37-34-31-24-21-18-15-12-9-6-3)63-57(60)51-48-45-42-39-36-33-29-26-23-20-17-14-11-8-5-2/h8,11,16-17,19-21,24-27,29,54H,4-7,9-10,12-15,18,22-23,28,30-53H2,1-3H3/b11-8+,19-16+,20-17+,24-21+,27-25+,29-26+/t54-/m1/s1. The van der Waals surface area contributed by atoms with Crippen molar-refractivity contribution in [2.45, 2.75) is 258 Å². The molecule has 0 bridgehead atoms. The van der Waals surface area contributed by atoms with Crippen LogP contribution in [0.15, 0.2) is 72.9 Å². The van der Waals surface area contributed by atoms with E-state index < -0.39 is 6.10 Å². The SMILES string of the molecule is CC/C=C/C/C=C/C/C=C/CCCCCCCC(=O)O[C@H](COC(=O)CCCCCCC/C=C/CCCCCC)COC(=O)CCCCCCCCC/C=C/C/C=C/CCCCC. The Bertz CT molecular complexity index is 1190. The van der Waals surface area contributed by atoms with Crippen molar-refractivity contribution in [1.82, 2.24) is 0 Å². The number of carbonyl (C=O) groups is 3. The minimum Gasteiger partial charge on any atom is -0.462 e. The van der Waals surface area contributed by atoms with Gasteiger partial charge in [0.2, 0.25) is 0 Å². The molecule has 0 fully saturated rings. The van der Waals surface area contributed by atoms with Crippen molar-refractivity contribution in [3.63, 3.8) is 0 Å². The molecule has 0 heterocycles. The van der Waals surface area contributed by atoms with Gasteiger partial charge in [0.15, 0.2) is 6.10 Å². The molecule has 0 rings (SSSR count). The molecule has 0 aliphatic rings. The molecule has 0 aliphatic carbocycles. The van der Waals surface area contributed by atoms with Crippen LogP contribution >= 0.6 is 0 Å². The Hall–Kier alpha value is -3.15. The van der Waals surface area contributed by atoms with Crippen molar-refractivity contribution in [3.05, 3.63) is 72.9 Å². The van der Waals surface area contributed by atoms with Gasteiger partial charge in [-0.1, -0.05) is 196 Å². The first kappa shape index (κ1) is 59.9. The Morgan fingerprint density at radius 3 is 1.02 bits per heavy atom. The maximum Gasteiger partial charge on any atom is 0.306 e. The second-order valence-corrected chi connectivity index (χ2v) is 17.4. The van der Waals surface area contributed by atoms with E-state index in [1.54, 1.807) is 0 Å². The van der Waals surface area contributed by atoms with E-state index in [9.17, 15) is 14.4 Å². The Morgan fingerprint density at radius 1 is 0.333 bits per heavy atom. The molecule has 0 radical (unpaired) electrons. The predicted molar refractivity (Wildman–Crippen MR) is 270 cm³/mol. The molecule has 6 heteroatoms. The lowest BCUT2D eigenvalue weighted by Gasteiger charge is -2.18. The molecule has 0 aromatic rings. The van der Waals surface area contributed by atoms with Crippen LogP contribution in [-0.4, -0.2) is 37.2 Å². The minimum atomic E-state index is -0.790. The van der Waals surface area contributed by atoms with E-state index in [-0.39, 0.29) is 31.1 Å². The largest absolute Gasteiger partial charge is 0.462 e. The minimum absolute atomic E-state index is 0.0893. The fraction of sp³-hybridized carbons (Fsp3) is 0.737. The molecular formula is C57H98O6. The van der Waals surface area contributed by atoms with Crippen LogP contribution in [0.1, 0.15) is 252 Å². The van der Waals surface area contributed by atoms with Gasteiger partial charge in [0.05, 0.1) is 0 Å². The topological polar surface area (TPSA) is 78.9 Å². The van der Waals surface area contributed by atoms with Gasteiger partial charge in [-0.2, -0.15) is 0 Å². The summed E-state index contributed by atoms with van der Waals surface area (Å²) in [6, 6.07) is 0. The number of rotatable bonds is 47. The summed E-state index contributed by atoms with van der Waals surface area (Å²) < 4.78 is 16.8. The first-order chi connectivity index (χ1) is 31.0. The van der Waals surface area contributed by atoms with Crippen LogP contribution in [0.3, 0.4) is 0 Å². The Labute approximate surface area is 389 Å². The molecule has 0 saturated carbocycles. The summed E-state index contributed by atoms with van der Waals surface area (Å²) in [5.41, 5.74) is 0. The predicted octanol–water partition coefficient (Wildman–Crippen LogP) is 17.4. The van der Waals surface area contributed by atoms with Gasteiger partial charge >= 0.3 is 17.9 Å². The van der Waals surface area contributed by atoms with E-state index in [0.29, 0.717) is 19.3 Å². The number of hydrogen-bond donors (Lipinski definition) is 0. The van der Waals surface area contributed by atoms with Crippen LogP contribution in [0, 0.1) is 0 Å². The molecule has 1 atom stereocenters. The van der Waals surface area contributed by atoms with Crippen LogP contribution in [0.4, 0.5) is 0 Å². The van der Waals surface area contributed by atoms with Crippen LogP contribution < -0.4 is 0 Å². The first-order valence-corrected chi connectivity index (χ1v) is 26.4. The van der Waals surface area contributed by atoms with E-state index in [2.05, 4.69) is 93.7 Å². The summed E-state index contributed by atoms with van der Waals surface area (Å²) in [6.07, 6.45) is 64.5. The maximum atomic E-state index is 12.8. The summed E-state index contributed by atoms with van der Waals surface area (Å²) in [4.78, 5) is 38.0. The summed E-state index contributed by atoms with van der Waals surface area (Å²) in [5.74, 6) is -0.920. The molecule has 63 heavy (non-hydrogen) atoms. The zero-order valence-corrected chi connectivity index (χ0v) is 41.3. The molecule has 6 nitrogen and oxygen atoms in total. The Kier molecular flexibility index (Phi) is 48.9. The number of ether oxygens (including phenoxy) is 3. The Morgan fingerprint density at radius 2 is 0.619 bits per heavy atom. The zero-order chi connectivity index (χ0) is 45.8. The molecular weight excluding hydrogens is 781 g/mol. The molecule has 362 valence electrons. The molecule has 0 spiro atoms. The molecule has 0 aliphatic heterocycles. The summed E-state index contributed by atoms with van der Waals surface area (Å²) in [6.45, 7) is 6.46. The molecule has 0 aromatic heterocycles. The summed E-state index contributed by atoms with van der Waals surface area (Å²) in [5, 5.41) is 0. The van der Waals surface area contributed by atoms with E-state index in [1.165, 1.54) is 96.3 Å². The van der Waals surface area contributed by atoms with E-state index in [0.717, 1.165) is 116 Å². The highest BCUT2D eigenvalue weighted by molar-refractivity contribution is 5.71. The first-order valence-electron chi connectivity index (χ1n) is 26.4.